The van der Waals surface area contributed by atoms with Crippen LogP contribution in [0.1, 0.15) is 22.3 Å². The maximum Gasteiger partial charge on any atom is 0.0408 e. The van der Waals surface area contributed by atoms with Crippen molar-refractivity contribution in [2.45, 2.75) is 26.9 Å². The Labute approximate surface area is 114 Å². The van der Waals surface area contributed by atoms with Crippen molar-refractivity contribution in [2.24, 2.45) is 0 Å². The quantitative estimate of drug-likeness (QED) is 0.866. The molecule has 1 N–H and O–H groups in total. The fourth-order valence-corrected chi connectivity index (χ4v) is 2.13. The van der Waals surface area contributed by atoms with Gasteiger partial charge in [-0.2, -0.15) is 0 Å². The van der Waals surface area contributed by atoms with Gasteiger partial charge in [-0.1, -0.05) is 47.5 Å². The number of halogens is 1. The van der Waals surface area contributed by atoms with Gasteiger partial charge in [0.15, 0.2) is 0 Å². The summed E-state index contributed by atoms with van der Waals surface area (Å²) in [5, 5.41) is 4.26. The van der Waals surface area contributed by atoms with Crippen LogP contribution in [0.15, 0.2) is 42.5 Å². The molecular formula is C16H18ClN. The Morgan fingerprint density at radius 1 is 0.944 bits per heavy atom. The highest BCUT2D eigenvalue weighted by Gasteiger charge is 1.99. The average Bonchev–Trinajstić information content (AvgIpc) is 2.34. The third kappa shape index (κ3) is 3.59. The number of nitrogens with one attached hydrogen (secondary N) is 1. The summed E-state index contributed by atoms with van der Waals surface area (Å²) >= 11 is 5.94. The molecule has 0 saturated heterocycles. The van der Waals surface area contributed by atoms with Gasteiger partial charge in [-0.15, -0.1) is 0 Å². The Hall–Kier alpha value is -1.31. The van der Waals surface area contributed by atoms with E-state index < -0.39 is 0 Å². The SMILES string of the molecule is Cc1ccc(CNCc2ccc(Cl)cc2C)cc1. The summed E-state index contributed by atoms with van der Waals surface area (Å²) < 4.78 is 0. The van der Waals surface area contributed by atoms with Crippen molar-refractivity contribution < 1.29 is 0 Å². The lowest BCUT2D eigenvalue weighted by molar-refractivity contribution is 0.690. The monoisotopic (exact) mass is 259 g/mol. The number of hydrogen-bond acceptors (Lipinski definition) is 1. The van der Waals surface area contributed by atoms with Gasteiger partial charge in [-0.05, 0) is 42.7 Å². The summed E-state index contributed by atoms with van der Waals surface area (Å²) in [5.41, 5.74) is 5.14. The summed E-state index contributed by atoms with van der Waals surface area (Å²) in [6.07, 6.45) is 0. The molecule has 0 spiro atoms. The first-order valence-corrected chi connectivity index (χ1v) is 6.54. The van der Waals surface area contributed by atoms with E-state index in [9.17, 15) is 0 Å². The Morgan fingerprint density at radius 3 is 2.33 bits per heavy atom. The zero-order valence-corrected chi connectivity index (χ0v) is 11.6. The first-order chi connectivity index (χ1) is 8.65. The van der Waals surface area contributed by atoms with E-state index in [0.29, 0.717) is 0 Å². The van der Waals surface area contributed by atoms with Crippen molar-refractivity contribution >= 4 is 11.6 Å². The molecule has 18 heavy (non-hydrogen) atoms. The molecule has 1 nitrogen and oxygen atoms in total. The standard InChI is InChI=1S/C16H18ClN/c1-12-3-5-14(6-4-12)10-18-11-15-7-8-16(17)9-13(15)2/h3-9,18H,10-11H2,1-2H3. The number of hydrogen-bond donors (Lipinski definition) is 1. The minimum Gasteiger partial charge on any atom is -0.309 e. The van der Waals surface area contributed by atoms with Gasteiger partial charge in [0, 0.05) is 18.1 Å². The summed E-state index contributed by atoms with van der Waals surface area (Å²) in [5.74, 6) is 0. The topological polar surface area (TPSA) is 12.0 Å². The Kier molecular flexibility index (Phi) is 4.40. The van der Waals surface area contributed by atoms with Crippen LogP contribution in [0.5, 0.6) is 0 Å². The molecule has 0 unspecified atom stereocenters. The third-order valence-electron chi connectivity index (χ3n) is 3.07. The van der Waals surface area contributed by atoms with Crippen molar-refractivity contribution in [2.75, 3.05) is 0 Å². The zero-order valence-electron chi connectivity index (χ0n) is 10.8. The van der Waals surface area contributed by atoms with Crippen molar-refractivity contribution in [3.63, 3.8) is 0 Å². The van der Waals surface area contributed by atoms with E-state index >= 15 is 0 Å². The number of benzene rings is 2. The number of rotatable bonds is 4. The smallest absolute Gasteiger partial charge is 0.0408 e. The molecule has 0 amide bonds. The van der Waals surface area contributed by atoms with Crippen LogP contribution in [0.2, 0.25) is 5.02 Å². The summed E-state index contributed by atoms with van der Waals surface area (Å²) in [4.78, 5) is 0. The van der Waals surface area contributed by atoms with E-state index in [-0.39, 0.29) is 0 Å². The molecule has 2 aromatic rings. The lowest BCUT2D eigenvalue weighted by Crippen LogP contribution is -2.13. The second-order valence-corrected chi connectivity index (χ2v) is 5.10. The van der Waals surface area contributed by atoms with Gasteiger partial charge in [0.25, 0.3) is 0 Å². The van der Waals surface area contributed by atoms with Gasteiger partial charge < -0.3 is 5.32 Å². The molecule has 0 aliphatic heterocycles. The fourth-order valence-electron chi connectivity index (χ4n) is 1.91. The lowest BCUT2D eigenvalue weighted by Gasteiger charge is -2.08. The molecule has 0 atom stereocenters. The normalized spacial score (nSPS) is 10.6. The largest absolute Gasteiger partial charge is 0.309 e. The van der Waals surface area contributed by atoms with E-state index in [1.165, 1.54) is 22.3 Å². The van der Waals surface area contributed by atoms with Crippen LogP contribution in [-0.4, -0.2) is 0 Å². The van der Waals surface area contributed by atoms with Crippen molar-refractivity contribution in [3.05, 3.63) is 69.7 Å². The first-order valence-electron chi connectivity index (χ1n) is 6.16. The van der Waals surface area contributed by atoms with Gasteiger partial charge in [-0.25, -0.2) is 0 Å². The molecule has 0 aliphatic carbocycles. The Bertz CT molecular complexity index is 517. The number of aryl methyl sites for hydroxylation is 2. The van der Waals surface area contributed by atoms with Crippen LogP contribution >= 0.6 is 11.6 Å². The van der Waals surface area contributed by atoms with Crippen molar-refractivity contribution in [1.82, 2.24) is 5.32 Å². The summed E-state index contributed by atoms with van der Waals surface area (Å²) in [7, 11) is 0. The molecule has 0 aliphatic rings. The summed E-state index contributed by atoms with van der Waals surface area (Å²) in [6.45, 7) is 5.96. The molecule has 0 heterocycles. The van der Waals surface area contributed by atoms with Gasteiger partial charge in [-0.3, -0.25) is 0 Å². The maximum atomic E-state index is 5.94. The van der Waals surface area contributed by atoms with Gasteiger partial charge in [0.05, 0.1) is 0 Å². The van der Waals surface area contributed by atoms with E-state index in [1.807, 2.05) is 12.1 Å². The van der Waals surface area contributed by atoms with Crippen LogP contribution < -0.4 is 5.32 Å². The minimum absolute atomic E-state index is 0.801. The molecule has 0 aromatic heterocycles. The molecular weight excluding hydrogens is 242 g/mol. The third-order valence-corrected chi connectivity index (χ3v) is 3.30. The average molecular weight is 260 g/mol. The Balaban J connectivity index is 1.90. The molecule has 0 fully saturated rings. The van der Waals surface area contributed by atoms with Crippen LogP contribution in [0, 0.1) is 13.8 Å². The van der Waals surface area contributed by atoms with Crippen LogP contribution in [0.25, 0.3) is 0 Å². The fraction of sp³-hybridized carbons (Fsp3) is 0.250. The van der Waals surface area contributed by atoms with Crippen LogP contribution in [0.3, 0.4) is 0 Å². The highest BCUT2D eigenvalue weighted by atomic mass is 35.5. The molecule has 0 bridgehead atoms. The summed E-state index contributed by atoms with van der Waals surface area (Å²) in [6, 6.07) is 14.6. The van der Waals surface area contributed by atoms with Crippen molar-refractivity contribution in [3.8, 4) is 0 Å². The Morgan fingerprint density at radius 2 is 1.67 bits per heavy atom. The predicted octanol–water partition coefficient (Wildman–Crippen LogP) is 4.25. The molecule has 0 radical (unpaired) electrons. The minimum atomic E-state index is 0.801. The first kappa shape index (κ1) is 13.1. The van der Waals surface area contributed by atoms with E-state index in [1.54, 1.807) is 0 Å². The molecule has 0 saturated carbocycles. The second kappa shape index (κ2) is 6.03. The molecule has 2 rings (SSSR count). The van der Waals surface area contributed by atoms with E-state index in [0.717, 1.165) is 18.1 Å². The molecule has 2 heteroatoms. The van der Waals surface area contributed by atoms with Gasteiger partial charge >= 0.3 is 0 Å². The lowest BCUT2D eigenvalue weighted by atomic mass is 10.1. The van der Waals surface area contributed by atoms with Crippen LogP contribution in [0.4, 0.5) is 0 Å². The van der Waals surface area contributed by atoms with Crippen LogP contribution in [-0.2, 0) is 13.1 Å². The molecule has 94 valence electrons. The predicted molar refractivity (Wildman–Crippen MR) is 77.9 cm³/mol. The second-order valence-electron chi connectivity index (χ2n) is 4.66. The van der Waals surface area contributed by atoms with E-state index in [2.05, 4.69) is 49.5 Å². The maximum absolute atomic E-state index is 5.94. The van der Waals surface area contributed by atoms with Gasteiger partial charge in [0.2, 0.25) is 0 Å². The van der Waals surface area contributed by atoms with Gasteiger partial charge in [0.1, 0.15) is 0 Å². The highest BCUT2D eigenvalue weighted by Crippen LogP contribution is 2.15. The molecule has 2 aromatic carbocycles. The zero-order chi connectivity index (χ0) is 13.0. The van der Waals surface area contributed by atoms with E-state index in [4.69, 9.17) is 11.6 Å². The van der Waals surface area contributed by atoms with Crippen molar-refractivity contribution in [1.29, 1.82) is 0 Å². The highest BCUT2D eigenvalue weighted by molar-refractivity contribution is 6.30.